The van der Waals surface area contributed by atoms with Crippen molar-refractivity contribution < 1.29 is 0 Å². The fraction of sp³-hybridized carbons (Fsp3) is 0.125. The summed E-state index contributed by atoms with van der Waals surface area (Å²) in [4.78, 5) is 2.67. The summed E-state index contributed by atoms with van der Waals surface area (Å²) in [6, 6.07) is 55.2. The summed E-state index contributed by atoms with van der Waals surface area (Å²) in [6.07, 6.45) is 1.04. The van der Waals surface area contributed by atoms with Gasteiger partial charge in [-0.25, -0.2) is 0 Å². The molecule has 1 nitrogen and oxygen atoms in total. The second-order valence-electron chi connectivity index (χ2n) is 15.3. The number of allylic oxidation sites excluding steroid dienone is 2. The minimum atomic E-state index is -0.0465. The van der Waals surface area contributed by atoms with Crippen molar-refractivity contribution >= 4 is 51.1 Å². The molecule has 236 valence electrons. The average Bonchev–Trinajstić information content (AvgIpc) is 3.39. The van der Waals surface area contributed by atoms with Crippen LogP contribution in [0.5, 0.6) is 0 Å². The van der Waals surface area contributed by atoms with Crippen LogP contribution in [0.4, 0.5) is 11.4 Å². The van der Waals surface area contributed by atoms with Gasteiger partial charge in [0.05, 0.1) is 0 Å². The van der Waals surface area contributed by atoms with Gasteiger partial charge >= 0.3 is 6.85 Å². The Balaban J connectivity index is 1.21. The monoisotopic (exact) mass is 637 g/mol. The van der Waals surface area contributed by atoms with Gasteiger partial charge in [0.2, 0.25) is 0 Å². The standard InChI is InChI=1S/C48H36BN/c1-29-24-40-37-26-32-14-7-8-15-33(32)27-44(37)50(34-22-20-31(21-23-34)30-12-5-4-6-13-30)49-43-19-11-17-36-45(43)38(41(25-29)47(40)49)28-39-35-16-9-10-18-42(35)48(2,3)46(36)39/h4-27,38H,28H2,1-3H3. The first-order valence-corrected chi connectivity index (χ1v) is 18.1. The van der Waals surface area contributed by atoms with Crippen molar-refractivity contribution in [1.82, 2.24) is 0 Å². The summed E-state index contributed by atoms with van der Waals surface area (Å²) in [5.41, 5.74) is 22.4. The van der Waals surface area contributed by atoms with E-state index < -0.39 is 0 Å². The Morgan fingerprint density at radius 3 is 2.14 bits per heavy atom. The highest BCUT2D eigenvalue weighted by atomic mass is 15.1. The molecular weight excluding hydrogens is 601 g/mol. The highest BCUT2D eigenvalue weighted by Crippen LogP contribution is 2.59. The Hall–Kier alpha value is -5.60. The van der Waals surface area contributed by atoms with Crippen molar-refractivity contribution in [1.29, 1.82) is 0 Å². The predicted octanol–water partition coefficient (Wildman–Crippen LogP) is 10.8. The third-order valence-electron chi connectivity index (χ3n) is 12.2. The lowest BCUT2D eigenvalue weighted by atomic mass is 9.39. The molecule has 2 aliphatic carbocycles. The van der Waals surface area contributed by atoms with E-state index in [0.29, 0.717) is 5.92 Å². The Kier molecular flexibility index (Phi) is 5.65. The third kappa shape index (κ3) is 3.69. The summed E-state index contributed by atoms with van der Waals surface area (Å²) in [5, 5.41) is 2.56. The van der Waals surface area contributed by atoms with Crippen LogP contribution < -0.4 is 15.7 Å². The van der Waals surface area contributed by atoms with Gasteiger partial charge in [-0.1, -0.05) is 141 Å². The predicted molar refractivity (Wildman–Crippen MR) is 212 cm³/mol. The molecule has 0 fully saturated rings. The van der Waals surface area contributed by atoms with Crippen LogP contribution in [0.25, 0.3) is 44.2 Å². The largest absolute Gasteiger partial charge is 0.376 e. The minimum absolute atomic E-state index is 0.0465. The number of hydrogen-bond donors (Lipinski definition) is 0. The van der Waals surface area contributed by atoms with Gasteiger partial charge in [0, 0.05) is 28.3 Å². The maximum absolute atomic E-state index is 2.67. The highest BCUT2D eigenvalue weighted by molar-refractivity contribution is 6.92. The van der Waals surface area contributed by atoms with E-state index in [4.69, 9.17) is 0 Å². The van der Waals surface area contributed by atoms with Gasteiger partial charge in [-0.3, -0.25) is 0 Å². The molecule has 11 rings (SSSR count). The fourth-order valence-corrected chi connectivity index (χ4v) is 10.2. The molecule has 2 aliphatic heterocycles. The van der Waals surface area contributed by atoms with Gasteiger partial charge in [-0.2, -0.15) is 0 Å². The Morgan fingerprint density at radius 2 is 1.32 bits per heavy atom. The molecule has 7 aromatic carbocycles. The van der Waals surface area contributed by atoms with Gasteiger partial charge in [0.1, 0.15) is 0 Å². The van der Waals surface area contributed by atoms with Crippen molar-refractivity contribution in [2.75, 3.05) is 4.81 Å². The maximum atomic E-state index is 2.67. The molecule has 2 heterocycles. The smallest absolute Gasteiger partial charge is 0.329 e. The van der Waals surface area contributed by atoms with Crippen LogP contribution in [0, 0.1) is 6.92 Å². The second kappa shape index (κ2) is 9.99. The zero-order chi connectivity index (χ0) is 33.3. The molecule has 2 heteroatoms. The first-order chi connectivity index (χ1) is 24.5. The van der Waals surface area contributed by atoms with Crippen LogP contribution in [-0.4, -0.2) is 6.85 Å². The lowest BCUT2D eigenvalue weighted by Crippen LogP contribution is -2.62. The van der Waals surface area contributed by atoms with Crippen LogP contribution in [0.1, 0.15) is 59.6 Å². The normalized spacial score (nSPS) is 17.2. The molecular formula is C48H36BN. The third-order valence-corrected chi connectivity index (χ3v) is 12.2. The molecule has 0 saturated carbocycles. The lowest BCUT2D eigenvalue weighted by Gasteiger charge is -2.47. The molecule has 50 heavy (non-hydrogen) atoms. The van der Waals surface area contributed by atoms with E-state index in [0.717, 1.165) is 6.42 Å². The van der Waals surface area contributed by atoms with Crippen molar-refractivity contribution in [2.45, 2.75) is 38.5 Å². The van der Waals surface area contributed by atoms with Crippen molar-refractivity contribution in [2.24, 2.45) is 0 Å². The van der Waals surface area contributed by atoms with Crippen LogP contribution in [0.3, 0.4) is 0 Å². The number of rotatable bonds is 2. The molecule has 0 spiro atoms. The van der Waals surface area contributed by atoms with Gasteiger partial charge < -0.3 is 4.81 Å². The zero-order valence-electron chi connectivity index (χ0n) is 28.7. The topological polar surface area (TPSA) is 3.24 Å². The molecule has 4 aliphatic rings. The van der Waals surface area contributed by atoms with E-state index in [1.807, 2.05) is 0 Å². The van der Waals surface area contributed by atoms with Crippen molar-refractivity contribution in [3.63, 3.8) is 0 Å². The van der Waals surface area contributed by atoms with Crippen LogP contribution in [0.2, 0.25) is 0 Å². The fourth-order valence-electron chi connectivity index (χ4n) is 10.2. The van der Waals surface area contributed by atoms with Crippen LogP contribution in [-0.2, 0) is 5.41 Å². The minimum Gasteiger partial charge on any atom is -0.376 e. The quantitative estimate of drug-likeness (QED) is 0.171. The van der Waals surface area contributed by atoms with Gasteiger partial charge in [-0.15, -0.1) is 0 Å². The van der Waals surface area contributed by atoms with Gasteiger partial charge in [0.25, 0.3) is 0 Å². The van der Waals surface area contributed by atoms with E-state index in [-0.39, 0.29) is 12.3 Å². The number of fused-ring (bicyclic) bond motifs is 8. The summed E-state index contributed by atoms with van der Waals surface area (Å²) >= 11 is 0. The Labute approximate surface area is 294 Å². The number of aryl methyl sites for hydroxylation is 1. The van der Waals surface area contributed by atoms with E-state index in [1.54, 1.807) is 5.57 Å². The zero-order valence-corrected chi connectivity index (χ0v) is 28.7. The number of hydrogen-bond acceptors (Lipinski definition) is 1. The Bertz CT molecular complexity index is 2610. The number of anilines is 2. The number of benzene rings is 7. The summed E-state index contributed by atoms with van der Waals surface area (Å²) in [5.74, 6) is 0.316. The van der Waals surface area contributed by atoms with Crippen molar-refractivity contribution in [3.8, 4) is 22.3 Å². The molecule has 0 radical (unpaired) electrons. The van der Waals surface area contributed by atoms with E-state index >= 15 is 0 Å². The lowest BCUT2D eigenvalue weighted by molar-refractivity contribution is 0.697. The maximum Gasteiger partial charge on any atom is 0.329 e. The molecule has 0 N–H and O–H groups in total. The molecule has 0 bridgehead atoms. The molecule has 7 aromatic rings. The first-order valence-electron chi connectivity index (χ1n) is 18.1. The van der Waals surface area contributed by atoms with E-state index in [1.165, 1.54) is 94.3 Å². The molecule has 1 unspecified atom stereocenters. The molecule has 1 atom stereocenters. The van der Waals surface area contributed by atoms with Crippen LogP contribution in [0.15, 0.2) is 146 Å². The molecule has 0 amide bonds. The molecule has 0 aromatic heterocycles. The van der Waals surface area contributed by atoms with Gasteiger partial charge in [-0.05, 0) is 115 Å². The SMILES string of the molecule is Cc1cc2c3c(c1)C1CC4=C(c5cccc(c51)B3N(c1ccc(-c3ccccc3)cc1)c1cc3ccccc3cc1-2)C(C)(C)c1ccccc14. The Morgan fingerprint density at radius 1 is 0.620 bits per heavy atom. The summed E-state index contributed by atoms with van der Waals surface area (Å²) < 4.78 is 0. The number of nitrogens with zero attached hydrogens (tertiary/aromatic N) is 1. The summed E-state index contributed by atoms with van der Waals surface area (Å²) in [7, 11) is 0. The first kappa shape index (κ1) is 28.3. The highest BCUT2D eigenvalue weighted by Gasteiger charge is 2.50. The molecule has 0 saturated heterocycles. The van der Waals surface area contributed by atoms with E-state index in [2.05, 4.69) is 171 Å². The second-order valence-corrected chi connectivity index (χ2v) is 15.3. The van der Waals surface area contributed by atoms with Crippen molar-refractivity contribution in [3.05, 3.63) is 179 Å². The van der Waals surface area contributed by atoms with E-state index in [9.17, 15) is 0 Å². The average molecular weight is 638 g/mol. The summed E-state index contributed by atoms with van der Waals surface area (Å²) in [6.45, 7) is 7.24. The van der Waals surface area contributed by atoms with Crippen LogP contribution >= 0.6 is 0 Å². The van der Waals surface area contributed by atoms with Gasteiger partial charge in [0.15, 0.2) is 0 Å².